The number of nitrogens with one attached hydrogen (secondary N) is 3. The van der Waals surface area contributed by atoms with Crippen molar-refractivity contribution in [3.63, 3.8) is 0 Å². The van der Waals surface area contributed by atoms with Crippen molar-refractivity contribution in [2.24, 2.45) is 4.99 Å². The van der Waals surface area contributed by atoms with E-state index in [1.165, 1.54) is 0 Å². The van der Waals surface area contributed by atoms with Crippen molar-refractivity contribution in [2.45, 2.75) is 6.42 Å². The lowest BCUT2D eigenvalue weighted by Gasteiger charge is -2.13. The number of carbonyl (C=O) groups is 1. The third-order valence-electron chi connectivity index (χ3n) is 3.82. The molecule has 7 nitrogen and oxygen atoms in total. The third-order valence-corrected chi connectivity index (χ3v) is 3.82. The average Bonchev–Trinajstić information content (AvgIpc) is 2.74. The lowest BCUT2D eigenvalue weighted by Crippen LogP contribution is -2.37. The van der Waals surface area contributed by atoms with Crippen LogP contribution in [0, 0.1) is 0 Å². The van der Waals surface area contributed by atoms with Crippen LogP contribution in [0.15, 0.2) is 59.6 Å². The van der Waals surface area contributed by atoms with Crippen LogP contribution in [0.25, 0.3) is 0 Å². The van der Waals surface area contributed by atoms with Crippen molar-refractivity contribution >= 4 is 41.5 Å². The molecule has 0 spiro atoms. The van der Waals surface area contributed by atoms with Gasteiger partial charge in [-0.25, -0.2) is 0 Å². The molecule has 2 aromatic carbocycles. The predicted octanol–water partition coefficient (Wildman–Crippen LogP) is 3.14. The molecular formula is C21H29IN4O3. The Bertz CT molecular complexity index is 757. The molecule has 0 bridgehead atoms. The van der Waals surface area contributed by atoms with Gasteiger partial charge in [-0.2, -0.15) is 0 Å². The summed E-state index contributed by atoms with van der Waals surface area (Å²) in [5, 5.41) is 9.25. The van der Waals surface area contributed by atoms with Gasteiger partial charge in [0.2, 0.25) is 0 Å². The van der Waals surface area contributed by atoms with E-state index in [4.69, 9.17) is 9.47 Å². The molecule has 8 heteroatoms. The first-order valence-electron chi connectivity index (χ1n) is 9.25. The van der Waals surface area contributed by atoms with Crippen LogP contribution in [0.3, 0.4) is 0 Å². The lowest BCUT2D eigenvalue weighted by atomic mass is 10.2. The number of hydrogen-bond acceptors (Lipinski definition) is 4. The van der Waals surface area contributed by atoms with Crippen LogP contribution in [-0.4, -0.2) is 52.3 Å². The van der Waals surface area contributed by atoms with E-state index in [-0.39, 0.29) is 29.9 Å². The minimum absolute atomic E-state index is 0. The van der Waals surface area contributed by atoms with Crippen molar-refractivity contribution in [1.29, 1.82) is 0 Å². The number of hydrogen-bond donors (Lipinski definition) is 3. The second-order valence-corrected chi connectivity index (χ2v) is 5.97. The molecule has 0 aromatic heterocycles. The number of nitrogens with zero attached hydrogens (tertiary/aromatic N) is 1. The van der Waals surface area contributed by atoms with Gasteiger partial charge in [-0.1, -0.05) is 24.3 Å². The normalized spacial score (nSPS) is 10.6. The van der Waals surface area contributed by atoms with Crippen LogP contribution in [0.2, 0.25) is 0 Å². The molecule has 0 unspecified atom stereocenters. The molecule has 2 aromatic rings. The third kappa shape index (κ3) is 9.62. The average molecular weight is 512 g/mol. The summed E-state index contributed by atoms with van der Waals surface area (Å²) in [7, 11) is 3.37. The molecule has 29 heavy (non-hydrogen) atoms. The Morgan fingerprint density at radius 2 is 1.76 bits per heavy atom. The Kier molecular flexibility index (Phi) is 12.5. The van der Waals surface area contributed by atoms with E-state index < -0.39 is 0 Å². The quantitative estimate of drug-likeness (QED) is 0.197. The van der Waals surface area contributed by atoms with Crippen molar-refractivity contribution in [2.75, 3.05) is 45.8 Å². The number of ether oxygens (including phenoxy) is 2. The van der Waals surface area contributed by atoms with Crippen LogP contribution < -0.4 is 20.7 Å². The van der Waals surface area contributed by atoms with Gasteiger partial charge in [0.15, 0.2) is 5.96 Å². The van der Waals surface area contributed by atoms with Gasteiger partial charge in [-0.15, -0.1) is 24.0 Å². The Labute approximate surface area is 189 Å². The van der Waals surface area contributed by atoms with E-state index in [0.29, 0.717) is 37.8 Å². The fourth-order valence-corrected chi connectivity index (χ4v) is 2.42. The van der Waals surface area contributed by atoms with Crippen molar-refractivity contribution < 1.29 is 14.3 Å². The summed E-state index contributed by atoms with van der Waals surface area (Å²) in [5.41, 5.74) is 1.51. The maximum atomic E-state index is 12.0. The highest BCUT2D eigenvalue weighted by atomic mass is 127. The molecule has 0 aliphatic heterocycles. The maximum Gasteiger partial charge on any atom is 0.251 e. The maximum absolute atomic E-state index is 12.0. The highest BCUT2D eigenvalue weighted by molar-refractivity contribution is 14.0. The van der Waals surface area contributed by atoms with E-state index in [9.17, 15) is 4.79 Å². The topological polar surface area (TPSA) is 84.0 Å². The van der Waals surface area contributed by atoms with E-state index in [1.807, 2.05) is 42.5 Å². The standard InChI is InChI=1S/C21H28N4O3.HI/c1-22-21(24-13-12-23-20(26)17-8-4-3-5-9-17)25-18-10-6-11-19(16-18)28-15-7-14-27-2;/h3-6,8-11,16H,7,12-15H2,1-2H3,(H,23,26)(H2,22,24,25);1H. The van der Waals surface area contributed by atoms with Crippen LogP contribution >= 0.6 is 24.0 Å². The van der Waals surface area contributed by atoms with E-state index in [2.05, 4.69) is 20.9 Å². The summed E-state index contributed by atoms with van der Waals surface area (Å²) < 4.78 is 10.7. The molecule has 3 N–H and O–H groups in total. The number of aliphatic imine (C=N–C) groups is 1. The largest absolute Gasteiger partial charge is 0.493 e. The van der Waals surface area contributed by atoms with Gasteiger partial charge in [0.05, 0.1) is 6.61 Å². The molecule has 0 heterocycles. The van der Waals surface area contributed by atoms with Crippen LogP contribution in [-0.2, 0) is 4.74 Å². The number of benzene rings is 2. The second-order valence-electron chi connectivity index (χ2n) is 5.97. The van der Waals surface area contributed by atoms with Gasteiger partial charge >= 0.3 is 0 Å². The van der Waals surface area contributed by atoms with Gasteiger partial charge < -0.3 is 25.4 Å². The molecule has 0 saturated heterocycles. The molecule has 1 amide bonds. The Morgan fingerprint density at radius 3 is 2.48 bits per heavy atom. The molecule has 2 rings (SSSR count). The SMILES string of the molecule is CN=C(NCCNC(=O)c1ccccc1)Nc1cccc(OCCCOC)c1.I. The summed E-state index contributed by atoms with van der Waals surface area (Å²) >= 11 is 0. The van der Waals surface area contributed by atoms with Crippen molar-refractivity contribution in [1.82, 2.24) is 10.6 Å². The minimum atomic E-state index is -0.0938. The highest BCUT2D eigenvalue weighted by Crippen LogP contribution is 2.17. The molecule has 0 aliphatic carbocycles. The zero-order valence-corrected chi connectivity index (χ0v) is 19.1. The van der Waals surface area contributed by atoms with Crippen LogP contribution in [0.5, 0.6) is 5.75 Å². The summed E-state index contributed by atoms with van der Waals surface area (Å²) in [6.07, 6.45) is 0.839. The molecule has 0 radical (unpaired) electrons. The molecule has 0 atom stereocenters. The van der Waals surface area contributed by atoms with Gasteiger partial charge in [0.1, 0.15) is 5.75 Å². The fourth-order valence-electron chi connectivity index (χ4n) is 2.42. The summed E-state index contributed by atoms with van der Waals surface area (Å²) in [4.78, 5) is 16.2. The van der Waals surface area contributed by atoms with Gasteiger partial charge in [-0.05, 0) is 24.3 Å². The number of methoxy groups -OCH3 is 1. The smallest absolute Gasteiger partial charge is 0.251 e. The number of carbonyl (C=O) groups excluding carboxylic acids is 1. The predicted molar refractivity (Wildman–Crippen MR) is 128 cm³/mol. The Hall–Kier alpha value is -2.33. The fraction of sp³-hybridized carbons (Fsp3) is 0.333. The van der Waals surface area contributed by atoms with Crippen molar-refractivity contribution in [3.05, 3.63) is 60.2 Å². The summed E-state index contributed by atoms with van der Waals surface area (Å²) in [5.74, 6) is 1.31. The van der Waals surface area contributed by atoms with E-state index in [0.717, 1.165) is 17.9 Å². The van der Waals surface area contributed by atoms with Crippen LogP contribution in [0.1, 0.15) is 16.8 Å². The van der Waals surface area contributed by atoms with Gasteiger partial charge in [-0.3, -0.25) is 9.79 Å². The lowest BCUT2D eigenvalue weighted by molar-refractivity contribution is 0.0954. The summed E-state index contributed by atoms with van der Waals surface area (Å²) in [6.45, 7) is 2.31. The molecule has 0 fully saturated rings. The zero-order chi connectivity index (χ0) is 20.0. The van der Waals surface area contributed by atoms with E-state index >= 15 is 0 Å². The first-order chi connectivity index (χ1) is 13.7. The summed E-state index contributed by atoms with van der Waals surface area (Å²) in [6, 6.07) is 16.8. The van der Waals surface area contributed by atoms with Crippen molar-refractivity contribution in [3.8, 4) is 5.75 Å². The minimum Gasteiger partial charge on any atom is -0.493 e. The van der Waals surface area contributed by atoms with Gasteiger partial charge in [0.25, 0.3) is 5.91 Å². The number of guanidine groups is 1. The second kappa shape index (κ2) is 14.6. The molecule has 0 aliphatic rings. The van der Waals surface area contributed by atoms with E-state index in [1.54, 1.807) is 26.3 Å². The number of amides is 1. The highest BCUT2D eigenvalue weighted by Gasteiger charge is 2.04. The van der Waals surface area contributed by atoms with Crippen LogP contribution in [0.4, 0.5) is 5.69 Å². The first-order valence-corrected chi connectivity index (χ1v) is 9.25. The molecule has 0 saturated carbocycles. The van der Waals surface area contributed by atoms with Gasteiger partial charge in [0, 0.05) is 57.6 Å². The number of rotatable bonds is 10. The number of anilines is 1. The molecule has 158 valence electrons. The monoisotopic (exact) mass is 512 g/mol. The number of halogens is 1. The Balaban J connectivity index is 0.00000420. The zero-order valence-electron chi connectivity index (χ0n) is 16.8. The first kappa shape index (κ1) is 24.7. The molecular weight excluding hydrogens is 483 g/mol. The Morgan fingerprint density at radius 1 is 1.00 bits per heavy atom.